The maximum absolute atomic E-state index is 14.7. The van der Waals surface area contributed by atoms with Gasteiger partial charge in [0.1, 0.15) is 31.6 Å². The summed E-state index contributed by atoms with van der Waals surface area (Å²) in [5.74, 6) is 0.797. The minimum atomic E-state index is -4.60. The number of amides is 2. The van der Waals surface area contributed by atoms with Gasteiger partial charge in [0.2, 0.25) is 11.8 Å². The Morgan fingerprint density at radius 1 is 0.660 bits per heavy atom. The van der Waals surface area contributed by atoms with Gasteiger partial charge in [-0.25, -0.2) is 4.68 Å². The van der Waals surface area contributed by atoms with Gasteiger partial charge in [0.15, 0.2) is 0 Å². The van der Waals surface area contributed by atoms with Crippen LogP contribution in [0.25, 0.3) is 21.8 Å². The van der Waals surface area contributed by atoms with Crippen LogP contribution in [-0.4, -0.2) is 203 Å². The molecule has 0 radical (unpaired) electrons. The van der Waals surface area contributed by atoms with Crippen molar-refractivity contribution in [2.24, 2.45) is 0 Å². The normalized spacial score (nSPS) is 20.2. The van der Waals surface area contributed by atoms with Gasteiger partial charge in [0.25, 0.3) is 0 Å². The number of nitriles is 2. The Morgan fingerprint density at radius 2 is 1.15 bits per heavy atom. The lowest BCUT2D eigenvalue weighted by molar-refractivity contribution is -0.137. The molecule has 0 aliphatic carbocycles. The molecule has 0 saturated carbocycles. The zero-order valence-electron chi connectivity index (χ0n) is 55.4. The smallest absolute Gasteiger partial charge is 0.418 e. The summed E-state index contributed by atoms with van der Waals surface area (Å²) in [7, 11) is 2.78. The van der Waals surface area contributed by atoms with Crippen LogP contribution in [0.3, 0.4) is 0 Å². The predicted molar refractivity (Wildman–Crippen MR) is 362 cm³/mol. The highest BCUT2D eigenvalue weighted by molar-refractivity contribution is 7.59. The average molecular weight is 1380 g/mol. The molecule has 520 valence electrons. The second-order valence-corrected chi connectivity index (χ2v) is 32.2. The summed E-state index contributed by atoms with van der Waals surface area (Å²) < 4.78 is 107. The first-order valence-corrected chi connectivity index (χ1v) is 36.4. The number of rotatable bonds is 19. The topological polar surface area (TPSA) is 233 Å². The van der Waals surface area contributed by atoms with Gasteiger partial charge in [-0.2, -0.15) is 80.5 Å². The summed E-state index contributed by atoms with van der Waals surface area (Å²) in [5, 5.41) is 31.1. The number of fused-ring (bicyclic) bond motifs is 4. The number of carbonyl (C=O) groups excluding carboxylic acids is 2. The number of hydrogen-bond acceptors (Lipinski definition) is 19. The monoisotopic (exact) mass is 1380 g/mol. The van der Waals surface area contributed by atoms with Crippen LogP contribution in [0.2, 0.25) is 25.7 Å². The predicted octanol–water partition coefficient (Wildman–Crippen LogP) is 8.95. The highest BCUT2D eigenvalue weighted by Gasteiger charge is 2.42. The number of likely N-dealkylation sites (tertiary alicyclic amines) is 2. The molecule has 2 amide bonds. The van der Waals surface area contributed by atoms with E-state index in [1.165, 1.54) is 36.7 Å². The Bertz CT molecular complexity index is 3930. The highest BCUT2D eigenvalue weighted by atomic mass is 32.1. The first-order valence-electron chi connectivity index (χ1n) is 32.7. The zero-order valence-corrected chi connectivity index (χ0v) is 57.4. The molecule has 6 aliphatic heterocycles. The number of likely N-dealkylation sites (N-methyl/N-ethyl adjacent to an activating group) is 2. The van der Waals surface area contributed by atoms with Crippen LogP contribution in [0.15, 0.2) is 62.0 Å². The molecule has 12 rings (SSSR count). The molecule has 4 saturated heterocycles. The second kappa shape index (κ2) is 30.3. The lowest BCUT2D eigenvalue weighted by Gasteiger charge is -2.42. The molecule has 4 aromatic heterocycles. The van der Waals surface area contributed by atoms with E-state index in [-0.39, 0.29) is 112 Å². The standard InChI is InChI=1S/C36H48F3N9O3Si.C30H34F3N9O2.H2S/c1-6-32(49)47-17-16-46(21-25(47)11-13-40)34-27-12-15-45(22-30(27)42-35(43-34)51-23-26-8-7-14-44(26)2)33-28-20-41-48(24-50-18-19-52(3,4)5)31(28)10-9-29(33)36(37,38)39;1-3-26(43)42-14-13-41(16-19(42)8-10-34)28-21-9-12-40(27-22-15-35-38-24(22)7-6-23(27)30(31,32)33)17-25(21)36-29(37-28)44-18-20-5-4-11-39(20)2;/h6,9-10,20,25-26H,1,7-8,11-12,14-19,21-24H2,2-5H3;3,6-7,15,19-20H,1,4-5,8-9,11-14,16-18H2,2H3,(H,35,38);1H2/t25?,26-;19?,20-;/m00./s1. The number of halogens is 6. The average Bonchev–Trinajstić information content (AvgIpc) is 1.72. The number of piperazine rings is 2. The van der Waals surface area contributed by atoms with E-state index in [1.54, 1.807) is 24.3 Å². The summed E-state index contributed by atoms with van der Waals surface area (Å²) >= 11 is 0. The Balaban J connectivity index is 0.000000211. The summed E-state index contributed by atoms with van der Waals surface area (Å²) in [6.45, 7) is 20.6. The summed E-state index contributed by atoms with van der Waals surface area (Å²) in [6, 6.07) is 10.4. The van der Waals surface area contributed by atoms with Crippen LogP contribution in [0.4, 0.5) is 49.4 Å². The zero-order chi connectivity index (χ0) is 68.2. The van der Waals surface area contributed by atoms with Gasteiger partial charge in [-0.1, -0.05) is 32.8 Å². The van der Waals surface area contributed by atoms with E-state index in [4.69, 9.17) is 34.1 Å². The summed E-state index contributed by atoms with van der Waals surface area (Å²) in [5.41, 5.74) is 2.57. The van der Waals surface area contributed by atoms with E-state index in [9.17, 15) is 46.5 Å². The Labute approximate surface area is 568 Å². The van der Waals surface area contributed by atoms with Crippen molar-refractivity contribution < 1.29 is 50.1 Å². The number of nitrogens with zero attached hydrogens (tertiary/aromatic N) is 17. The molecule has 6 aromatic rings. The van der Waals surface area contributed by atoms with Crippen molar-refractivity contribution in [2.45, 2.75) is 133 Å². The van der Waals surface area contributed by atoms with Gasteiger partial charge in [-0.15, -0.1) is 0 Å². The van der Waals surface area contributed by atoms with Gasteiger partial charge in [-0.05, 0) is 108 Å². The van der Waals surface area contributed by atoms with E-state index in [0.717, 1.165) is 68.1 Å². The first-order chi connectivity index (χ1) is 45.9. The third-order valence-electron chi connectivity index (χ3n) is 19.2. The van der Waals surface area contributed by atoms with Gasteiger partial charge >= 0.3 is 24.4 Å². The fraction of sp³-hybridized carbons (Fsp3) is 0.545. The van der Waals surface area contributed by atoms with Gasteiger partial charge < -0.3 is 53.4 Å². The quantitative estimate of drug-likeness (QED) is 0.0345. The van der Waals surface area contributed by atoms with Crippen LogP contribution in [0.1, 0.15) is 72.2 Å². The van der Waals surface area contributed by atoms with Crippen molar-refractivity contribution in [3.8, 4) is 24.2 Å². The molecule has 23 nitrogen and oxygen atoms in total. The van der Waals surface area contributed by atoms with E-state index in [0.29, 0.717) is 123 Å². The number of aromatic nitrogens is 8. The molecule has 97 heavy (non-hydrogen) atoms. The lowest BCUT2D eigenvalue weighted by Crippen LogP contribution is -2.55. The molecule has 0 bridgehead atoms. The third kappa shape index (κ3) is 16.0. The third-order valence-corrected chi connectivity index (χ3v) is 20.9. The summed E-state index contributed by atoms with van der Waals surface area (Å²) in [6.07, 6.45) is 1.45. The number of alkyl halides is 6. The molecule has 2 aromatic carbocycles. The molecule has 6 aliphatic rings. The van der Waals surface area contributed by atoms with Crippen LogP contribution in [-0.2, 0) is 59.3 Å². The Hall–Kier alpha value is -8.23. The van der Waals surface area contributed by atoms with Crippen LogP contribution < -0.4 is 29.1 Å². The number of aromatic amines is 1. The van der Waals surface area contributed by atoms with E-state index < -0.39 is 31.6 Å². The van der Waals surface area contributed by atoms with Gasteiger partial charge in [-0.3, -0.25) is 14.7 Å². The van der Waals surface area contributed by atoms with Crippen molar-refractivity contribution in [3.05, 3.63) is 95.6 Å². The molecule has 4 atom stereocenters. The SMILES string of the molecule is C=CC(=O)N1CCN(c2nc(OC[C@@H]3CCCN3C)nc3c2CCN(c2c(C(F)(F)F)ccc4[nH]ncc24)C3)CC1CC#N.C=CC(=O)N1CCN(c2nc(OC[C@@H]3CCCN3C)nc3c2CCN(c2c(C(F)(F)F)ccc4c2cnn4COCC[Si](C)(C)C)C3)CC1CC#N.S. The number of carbonyl (C=O) groups is 2. The van der Waals surface area contributed by atoms with Crippen molar-refractivity contribution >= 4 is 78.2 Å². The second-order valence-electron chi connectivity index (χ2n) is 26.6. The Kier molecular flexibility index (Phi) is 22.3. The number of anilines is 4. The molecule has 31 heteroatoms. The molecule has 0 spiro atoms. The summed E-state index contributed by atoms with van der Waals surface area (Å²) in [4.78, 5) is 59.7. The van der Waals surface area contributed by atoms with Crippen LogP contribution in [0, 0.1) is 22.7 Å². The number of H-pyrrole nitrogens is 1. The van der Waals surface area contributed by atoms with Crippen LogP contribution >= 0.6 is 13.5 Å². The van der Waals surface area contributed by atoms with Crippen molar-refractivity contribution in [1.82, 2.24) is 59.5 Å². The maximum Gasteiger partial charge on any atom is 0.418 e. The molecule has 1 N–H and O–H groups in total. The largest absolute Gasteiger partial charge is 0.462 e. The minimum absolute atomic E-state index is 0. The lowest BCUT2D eigenvalue weighted by atomic mass is 10.00. The fourth-order valence-electron chi connectivity index (χ4n) is 13.9. The van der Waals surface area contributed by atoms with Crippen molar-refractivity contribution in [1.29, 1.82) is 10.5 Å². The number of hydrogen-bond donors (Lipinski definition) is 1. The van der Waals surface area contributed by atoms with Crippen molar-refractivity contribution in [2.75, 3.05) is 119 Å². The van der Waals surface area contributed by atoms with E-state index in [2.05, 4.69) is 77.1 Å². The molecular formula is C66H84F6N18O5SSi. The maximum atomic E-state index is 14.7. The first kappa shape index (κ1) is 71.5. The Morgan fingerprint density at radius 3 is 1.61 bits per heavy atom. The number of nitrogens with one attached hydrogen (secondary N) is 1. The minimum Gasteiger partial charge on any atom is -0.462 e. The highest BCUT2D eigenvalue weighted by Crippen LogP contribution is 2.45. The van der Waals surface area contributed by atoms with Crippen LogP contribution in [0.5, 0.6) is 12.0 Å². The van der Waals surface area contributed by atoms with Gasteiger partial charge in [0.05, 0.1) is 107 Å². The van der Waals surface area contributed by atoms with E-state index in [1.807, 2.05) is 16.8 Å². The van der Waals surface area contributed by atoms with Gasteiger partial charge in [0, 0.05) is 101 Å². The van der Waals surface area contributed by atoms with Crippen molar-refractivity contribution in [3.63, 3.8) is 0 Å². The molecule has 10 heterocycles. The molecule has 4 fully saturated rings. The number of ether oxygens (including phenoxy) is 3. The number of benzene rings is 2. The van der Waals surface area contributed by atoms with E-state index >= 15 is 0 Å². The fourth-order valence-corrected chi connectivity index (χ4v) is 14.7. The molecule has 2 unspecified atom stereocenters. The molecular weight excluding hydrogens is 1300 g/mol.